The average molecular weight is 531 g/mol. The van der Waals surface area contributed by atoms with Crippen LogP contribution >= 0.6 is 0 Å². The lowest BCUT2D eigenvalue weighted by atomic mass is 10.1. The van der Waals surface area contributed by atoms with Gasteiger partial charge in [-0.3, -0.25) is 9.69 Å². The van der Waals surface area contributed by atoms with Gasteiger partial charge in [0.2, 0.25) is 0 Å². The molecular weight excluding hydrogens is 496 g/mol. The van der Waals surface area contributed by atoms with Crippen LogP contribution in [0, 0.1) is 11.3 Å². The van der Waals surface area contributed by atoms with Crippen LogP contribution in [-0.4, -0.2) is 46.2 Å². The summed E-state index contributed by atoms with van der Waals surface area (Å²) < 4.78 is 12.1. The summed E-state index contributed by atoms with van der Waals surface area (Å²) in [4.78, 5) is 24.3. The molecule has 0 saturated heterocycles. The van der Waals surface area contributed by atoms with Gasteiger partial charge >= 0.3 is 11.9 Å². The number of benzene rings is 3. The van der Waals surface area contributed by atoms with Crippen molar-refractivity contribution >= 4 is 11.9 Å². The van der Waals surface area contributed by atoms with Gasteiger partial charge in [-0.25, -0.2) is 4.79 Å². The summed E-state index contributed by atoms with van der Waals surface area (Å²) in [6, 6.07) is 23.5. The van der Waals surface area contributed by atoms with Crippen LogP contribution in [-0.2, 0) is 22.7 Å². The molecule has 8 heteroatoms. The number of aromatic carboxylic acids is 1. The van der Waals surface area contributed by atoms with Crippen molar-refractivity contribution in [2.45, 2.75) is 51.9 Å². The zero-order chi connectivity index (χ0) is 28.0. The fourth-order valence-electron chi connectivity index (χ4n) is 4.05. The highest BCUT2D eigenvalue weighted by Crippen LogP contribution is 2.22. The number of hydrogen-bond acceptors (Lipinski definition) is 6. The number of carbonyl (C=O) groups is 2. The molecule has 0 amide bonds. The Morgan fingerprint density at radius 3 is 2.08 bits per heavy atom. The van der Waals surface area contributed by atoms with Crippen molar-refractivity contribution in [2.75, 3.05) is 13.1 Å². The maximum Gasteiger partial charge on any atom is 0.335 e. The van der Waals surface area contributed by atoms with E-state index in [0.29, 0.717) is 43.2 Å². The number of aliphatic carboxylic acids is 1. The summed E-state index contributed by atoms with van der Waals surface area (Å²) >= 11 is 0. The monoisotopic (exact) mass is 530 g/mol. The number of nitrogens with zero attached hydrogens (tertiary/aromatic N) is 2. The van der Waals surface area contributed by atoms with Crippen LogP contribution in [0.5, 0.6) is 11.5 Å². The highest BCUT2D eigenvalue weighted by molar-refractivity contribution is 5.87. The van der Waals surface area contributed by atoms with Crippen LogP contribution in [0.15, 0.2) is 72.8 Å². The van der Waals surface area contributed by atoms with Crippen molar-refractivity contribution in [3.63, 3.8) is 0 Å². The highest BCUT2D eigenvalue weighted by atomic mass is 16.5. The minimum absolute atomic E-state index is 0.0302. The number of nitriles is 1. The van der Waals surface area contributed by atoms with Crippen molar-refractivity contribution in [3.05, 3.63) is 95.1 Å². The molecule has 0 fully saturated rings. The number of carboxylic acid groups (broad SMARTS) is 2. The molecule has 0 unspecified atom stereocenters. The summed E-state index contributed by atoms with van der Waals surface area (Å²) in [5.74, 6) is -0.406. The van der Waals surface area contributed by atoms with Crippen molar-refractivity contribution in [1.29, 1.82) is 5.26 Å². The second-order valence-electron chi connectivity index (χ2n) is 9.31. The van der Waals surface area contributed by atoms with E-state index in [1.165, 1.54) is 0 Å². The standard InChI is InChI=1S/C31H34N2O6/c1-2-27(38-22-25-10-16-29(17-11-25)39-28-14-8-23(19-32)9-15-28)21-33(18-4-3-5-30(34)35)20-24-6-12-26(13-7-24)31(36)37/h6-17,27H,2-5,18,20-22H2,1H3,(H,34,35)(H,36,37)/t27-/m1/s1. The summed E-state index contributed by atoms with van der Waals surface area (Å²) in [6.45, 7) is 4.52. The predicted molar refractivity (Wildman–Crippen MR) is 147 cm³/mol. The van der Waals surface area contributed by atoms with Crippen molar-refractivity contribution in [1.82, 2.24) is 4.90 Å². The van der Waals surface area contributed by atoms with Crippen LogP contribution in [0.3, 0.4) is 0 Å². The maximum absolute atomic E-state index is 11.2. The average Bonchev–Trinajstić information content (AvgIpc) is 2.94. The Morgan fingerprint density at radius 2 is 1.51 bits per heavy atom. The number of ether oxygens (including phenoxy) is 2. The lowest BCUT2D eigenvalue weighted by molar-refractivity contribution is -0.137. The minimum atomic E-state index is -0.958. The largest absolute Gasteiger partial charge is 0.481 e. The zero-order valence-corrected chi connectivity index (χ0v) is 22.1. The first-order valence-corrected chi connectivity index (χ1v) is 13.0. The first-order valence-electron chi connectivity index (χ1n) is 13.0. The van der Waals surface area contributed by atoms with Gasteiger partial charge < -0.3 is 19.7 Å². The van der Waals surface area contributed by atoms with Crippen molar-refractivity contribution in [3.8, 4) is 17.6 Å². The van der Waals surface area contributed by atoms with E-state index in [-0.39, 0.29) is 18.1 Å². The highest BCUT2D eigenvalue weighted by Gasteiger charge is 2.15. The van der Waals surface area contributed by atoms with Crippen molar-refractivity contribution < 1.29 is 29.3 Å². The lowest BCUT2D eigenvalue weighted by Gasteiger charge is -2.27. The second-order valence-corrected chi connectivity index (χ2v) is 9.31. The maximum atomic E-state index is 11.2. The fourth-order valence-corrected chi connectivity index (χ4v) is 4.05. The van der Waals surface area contributed by atoms with Gasteiger partial charge in [0.15, 0.2) is 0 Å². The van der Waals surface area contributed by atoms with E-state index < -0.39 is 11.9 Å². The van der Waals surface area contributed by atoms with E-state index in [1.807, 2.05) is 36.4 Å². The molecule has 8 nitrogen and oxygen atoms in total. The van der Waals surface area contributed by atoms with Gasteiger partial charge in [-0.2, -0.15) is 5.26 Å². The molecule has 3 rings (SSSR count). The molecule has 204 valence electrons. The molecule has 0 heterocycles. The number of hydrogen-bond donors (Lipinski definition) is 2. The van der Waals surface area contributed by atoms with Gasteiger partial charge in [-0.1, -0.05) is 31.2 Å². The van der Waals surface area contributed by atoms with Crippen LogP contribution < -0.4 is 4.74 Å². The number of unbranched alkanes of at least 4 members (excludes halogenated alkanes) is 1. The van der Waals surface area contributed by atoms with E-state index in [1.54, 1.807) is 36.4 Å². The normalized spacial score (nSPS) is 11.6. The van der Waals surface area contributed by atoms with E-state index in [9.17, 15) is 9.59 Å². The minimum Gasteiger partial charge on any atom is -0.481 e. The molecule has 0 spiro atoms. The predicted octanol–water partition coefficient (Wildman–Crippen LogP) is 6.10. The van der Waals surface area contributed by atoms with Crippen LogP contribution in [0.4, 0.5) is 0 Å². The Kier molecular flexibility index (Phi) is 11.5. The molecule has 3 aromatic carbocycles. The molecule has 39 heavy (non-hydrogen) atoms. The van der Waals surface area contributed by atoms with E-state index in [4.69, 9.17) is 24.9 Å². The molecule has 1 atom stereocenters. The summed E-state index contributed by atoms with van der Waals surface area (Å²) in [7, 11) is 0. The molecule has 0 bridgehead atoms. The molecule has 3 aromatic rings. The van der Waals surface area contributed by atoms with Crippen LogP contribution in [0.2, 0.25) is 0 Å². The summed E-state index contributed by atoms with van der Waals surface area (Å²) in [6.07, 6.45) is 2.26. The first-order chi connectivity index (χ1) is 18.9. The molecule has 2 N–H and O–H groups in total. The topological polar surface area (TPSA) is 120 Å². The number of rotatable bonds is 16. The van der Waals surface area contributed by atoms with Gasteiger partial charge in [-0.15, -0.1) is 0 Å². The Balaban J connectivity index is 1.56. The summed E-state index contributed by atoms with van der Waals surface area (Å²) in [5.41, 5.74) is 2.83. The van der Waals surface area contributed by atoms with Gasteiger partial charge in [0.1, 0.15) is 11.5 Å². The molecule has 0 aliphatic carbocycles. The van der Waals surface area contributed by atoms with E-state index >= 15 is 0 Å². The zero-order valence-electron chi connectivity index (χ0n) is 22.1. The molecular formula is C31H34N2O6. The van der Waals surface area contributed by atoms with Gasteiger partial charge in [0.05, 0.1) is 29.9 Å². The Bertz CT molecular complexity index is 1230. The molecule has 0 saturated carbocycles. The van der Waals surface area contributed by atoms with Gasteiger partial charge in [0, 0.05) is 19.5 Å². The lowest BCUT2D eigenvalue weighted by Crippen LogP contribution is -2.34. The molecule has 0 aromatic heterocycles. The first kappa shape index (κ1) is 29.4. The van der Waals surface area contributed by atoms with Gasteiger partial charge in [0.25, 0.3) is 0 Å². The fraction of sp³-hybridized carbons (Fsp3) is 0.323. The van der Waals surface area contributed by atoms with E-state index in [0.717, 1.165) is 30.5 Å². The number of carboxylic acids is 2. The van der Waals surface area contributed by atoms with Gasteiger partial charge in [-0.05, 0) is 85.5 Å². The third kappa shape index (κ3) is 10.2. The molecule has 0 aliphatic heterocycles. The third-order valence-electron chi connectivity index (χ3n) is 6.27. The Hall–Kier alpha value is -4.19. The smallest absolute Gasteiger partial charge is 0.335 e. The van der Waals surface area contributed by atoms with Crippen LogP contribution in [0.25, 0.3) is 0 Å². The quantitative estimate of drug-likeness (QED) is 0.213. The molecule has 0 radical (unpaired) electrons. The summed E-state index contributed by atoms with van der Waals surface area (Å²) in [5, 5.41) is 27.0. The molecule has 0 aliphatic rings. The Morgan fingerprint density at radius 1 is 0.897 bits per heavy atom. The van der Waals surface area contributed by atoms with E-state index in [2.05, 4.69) is 17.9 Å². The SMILES string of the molecule is CC[C@H](CN(CCCCC(=O)O)Cc1ccc(C(=O)O)cc1)OCc1ccc(Oc2ccc(C#N)cc2)cc1. The second kappa shape index (κ2) is 15.3. The Labute approximate surface area is 229 Å². The van der Waals surface area contributed by atoms with Crippen molar-refractivity contribution in [2.24, 2.45) is 0 Å². The third-order valence-corrected chi connectivity index (χ3v) is 6.27. The van der Waals surface area contributed by atoms with Crippen LogP contribution in [0.1, 0.15) is 59.7 Å².